The van der Waals surface area contributed by atoms with Crippen LogP contribution >= 0.6 is 15.9 Å². The lowest BCUT2D eigenvalue weighted by Crippen LogP contribution is -2.40. The first-order valence-corrected chi connectivity index (χ1v) is 8.10. The van der Waals surface area contributed by atoms with Crippen molar-refractivity contribution in [3.8, 4) is 0 Å². The summed E-state index contributed by atoms with van der Waals surface area (Å²) in [4.78, 5) is 12.3. The first-order valence-electron chi connectivity index (χ1n) is 7.30. The Bertz CT molecular complexity index is 533. The first kappa shape index (κ1) is 14.1. The number of halogens is 2. The molecule has 2 fully saturated rings. The Morgan fingerprint density at radius 3 is 2.80 bits per heavy atom. The summed E-state index contributed by atoms with van der Waals surface area (Å²) in [5, 5.41) is 3.09. The number of amides is 1. The molecule has 1 aromatic carbocycles. The highest BCUT2D eigenvalue weighted by Crippen LogP contribution is 2.49. The zero-order valence-electron chi connectivity index (χ0n) is 11.5. The van der Waals surface area contributed by atoms with Gasteiger partial charge in [0.1, 0.15) is 5.82 Å². The molecule has 4 unspecified atom stereocenters. The van der Waals surface area contributed by atoms with E-state index in [9.17, 15) is 9.18 Å². The van der Waals surface area contributed by atoms with Crippen molar-refractivity contribution < 1.29 is 9.18 Å². The van der Waals surface area contributed by atoms with Gasteiger partial charge in [0.15, 0.2) is 0 Å². The lowest BCUT2D eigenvalue weighted by atomic mass is 9.84. The van der Waals surface area contributed by atoms with Gasteiger partial charge in [-0.05, 0) is 78.1 Å². The van der Waals surface area contributed by atoms with Crippen LogP contribution in [-0.2, 0) is 0 Å². The second-order valence-electron chi connectivity index (χ2n) is 6.23. The van der Waals surface area contributed by atoms with Crippen LogP contribution in [0, 0.1) is 23.6 Å². The van der Waals surface area contributed by atoms with Gasteiger partial charge in [-0.2, -0.15) is 0 Å². The third kappa shape index (κ3) is 2.62. The average Bonchev–Trinajstić information content (AvgIpc) is 3.00. The number of carbonyl (C=O) groups is 1. The SMILES string of the molecule is CC(NC(=O)c1ccc(F)cc1Br)C1CC2CCC1C2. The molecule has 20 heavy (non-hydrogen) atoms. The van der Waals surface area contributed by atoms with Gasteiger partial charge in [-0.1, -0.05) is 6.42 Å². The van der Waals surface area contributed by atoms with E-state index in [-0.39, 0.29) is 17.8 Å². The monoisotopic (exact) mass is 339 g/mol. The molecule has 0 spiro atoms. The molecule has 0 aliphatic heterocycles. The van der Waals surface area contributed by atoms with E-state index in [4.69, 9.17) is 0 Å². The number of hydrogen-bond acceptors (Lipinski definition) is 1. The predicted molar refractivity (Wildman–Crippen MR) is 80.0 cm³/mol. The van der Waals surface area contributed by atoms with Crippen LogP contribution in [0.15, 0.2) is 22.7 Å². The summed E-state index contributed by atoms with van der Waals surface area (Å²) < 4.78 is 13.6. The van der Waals surface area contributed by atoms with Gasteiger partial charge in [-0.25, -0.2) is 4.39 Å². The lowest BCUT2D eigenvalue weighted by Gasteiger charge is -2.28. The molecular weight excluding hydrogens is 321 g/mol. The number of nitrogens with one attached hydrogen (secondary N) is 1. The summed E-state index contributed by atoms with van der Waals surface area (Å²) in [5.74, 6) is 1.81. The van der Waals surface area contributed by atoms with Crippen LogP contribution in [0.3, 0.4) is 0 Å². The molecule has 4 atom stereocenters. The molecule has 1 aromatic rings. The van der Waals surface area contributed by atoms with Crippen molar-refractivity contribution in [2.45, 2.75) is 38.6 Å². The second kappa shape index (κ2) is 5.47. The Kier molecular flexibility index (Phi) is 3.85. The summed E-state index contributed by atoms with van der Waals surface area (Å²) >= 11 is 3.25. The van der Waals surface area contributed by atoms with Gasteiger partial charge in [-0.3, -0.25) is 4.79 Å². The highest BCUT2D eigenvalue weighted by atomic mass is 79.9. The van der Waals surface area contributed by atoms with Crippen LogP contribution in [0.25, 0.3) is 0 Å². The minimum atomic E-state index is -0.338. The summed E-state index contributed by atoms with van der Waals surface area (Å²) in [5.41, 5.74) is 0.501. The number of rotatable bonds is 3. The van der Waals surface area contributed by atoms with E-state index >= 15 is 0 Å². The normalized spacial score (nSPS) is 29.4. The van der Waals surface area contributed by atoms with Crippen molar-refractivity contribution in [1.29, 1.82) is 0 Å². The highest BCUT2D eigenvalue weighted by Gasteiger charge is 2.42. The van der Waals surface area contributed by atoms with Crippen molar-refractivity contribution in [3.63, 3.8) is 0 Å². The Hall–Kier alpha value is -0.900. The van der Waals surface area contributed by atoms with Crippen molar-refractivity contribution in [2.24, 2.45) is 17.8 Å². The zero-order valence-corrected chi connectivity index (χ0v) is 13.1. The minimum absolute atomic E-state index is 0.118. The lowest BCUT2D eigenvalue weighted by molar-refractivity contribution is 0.0914. The quantitative estimate of drug-likeness (QED) is 0.880. The molecule has 2 saturated carbocycles. The third-order valence-electron chi connectivity index (χ3n) is 4.97. The van der Waals surface area contributed by atoms with E-state index in [1.54, 1.807) is 0 Å². The standard InChI is InChI=1S/C16H19BrFNO/c1-9(14-7-10-2-3-11(14)6-10)19-16(20)13-5-4-12(18)8-15(13)17/h4-5,8-11,14H,2-3,6-7H2,1H3,(H,19,20). The van der Waals surface area contributed by atoms with E-state index in [0.29, 0.717) is 16.0 Å². The fourth-order valence-electron chi connectivity index (χ4n) is 3.97. The summed E-state index contributed by atoms with van der Waals surface area (Å²) in [7, 11) is 0. The minimum Gasteiger partial charge on any atom is -0.349 e. The molecule has 4 heteroatoms. The molecule has 108 valence electrons. The average molecular weight is 340 g/mol. The predicted octanol–water partition coefficient (Wildman–Crippen LogP) is 4.14. The molecule has 0 aromatic heterocycles. The van der Waals surface area contributed by atoms with Crippen LogP contribution in [-0.4, -0.2) is 11.9 Å². The molecule has 0 radical (unpaired) electrons. The van der Waals surface area contributed by atoms with E-state index in [0.717, 1.165) is 11.8 Å². The van der Waals surface area contributed by atoms with Gasteiger partial charge in [0.2, 0.25) is 0 Å². The summed E-state index contributed by atoms with van der Waals surface area (Å²) in [6.45, 7) is 2.10. The Balaban J connectivity index is 1.66. The second-order valence-corrected chi connectivity index (χ2v) is 7.08. The molecule has 1 amide bonds. The number of carbonyl (C=O) groups excluding carboxylic acids is 1. The highest BCUT2D eigenvalue weighted by molar-refractivity contribution is 9.10. The van der Waals surface area contributed by atoms with Crippen LogP contribution < -0.4 is 5.32 Å². The molecule has 2 aliphatic carbocycles. The maximum absolute atomic E-state index is 13.1. The number of hydrogen-bond donors (Lipinski definition) is 1. The van der Waals surface area contributed by atoms with E-state index in [1.165, 1.54) is 43.9 Å². The largest absolute Gasteiger partial charge is 0.349 e. The molecule has 3 rings (SSSR count). The molecular formula is C16H19BrFNO. The summed E-state index contributed by atoms with van der Waals surface area (Å²) in [6.07, 6.45) is 5.27. The first-order chi connectivity index (χ1) is 9.54. The molecule has 0 saturated heterocycles. The van der Waals surface area contributed by atoms with Gasteiger partial charge >= 0.3 is 0 Å². The van der Waals surface area contributed by atoms with Crippen molar-refractivity contribution >= 4 is 21.8 Å². The summed E-state index contributed by atoms with van der Waals surface area (Å²) in [6, 6.07) is 4.37. The topological polar surface area (TPSA) is 29.1 Å². The molecule has 2 aliphatic rings. The fourth-order valence-corrected chi connectivity index (χ4v) is 4.50. The molecule has 0 heterocycles. The van der Waals surface area contributed by atoms with Crippen LogP contribution in [0.1, 0.15) is 43.0 Å². The van der Waals surface area contributed by atoms with Crippen molar-refractivity contribution in [1.82, 2.24) is 5.32 Å². The smallest absolute Gasteiger partial charge is 0.252 e. The zero-order chi connectivity index (χ0) is 14.3. The van der Waals surface area contributed by atoms with Crippen LogP contribution in [0.4, 0.5) is 4.39 Å². The van der Waals surface area contributed by atoms with Gasteiger partial charge in [0.25, 0.3) is 5.91 Å². The van der Waals surface area contributed by atoms with Gasteiger partial charge in [-0.15, -0.1) is 0 Å². The Morgan fingerprint density at radius 1 is 1.40 bits per heavy atom. The van der Waals surface area contributed by atoms with Gasteiger partial charge in [0, 0.05) is 10.5 Å². The van der Waals surface area contributed by atoms with Gasteiger partial charge < -0.3 is 5.32 Å². The molecule has 2 nitrogen and oxygen atoms in total. The molecule has 2 bridgehead atoms. The number of benzene rings is 1. The third-order valence-corrected chi connectivity index (χ3v) is 5.63. The Morgan fingerprint density at radius 2 is 2.20 bits per heavy atom. The maximum Gasteiger partial charge on any atom is 0.252 e. The molecule has 1 N–H and O–H groups in total. The van der Waals surface area contributed by atoms with E-state index < -0.39 is 0 Å². The maximum atomic E-state index is 13.1. The number of fused-ring (bicyclic) bond motifs is 2. The van der Waals surface area contributed by atoms with Crippen molar-refractivity contribution in [2.75, 3.05) is 0 Å². The van der Waals surface area contributed by atoms with E-state index in [1.807, 2.05) is 0 Å². The van der Waals surface area contributed by atoms with Crippen LogP contribution in [0.5, 0.6) is 0 Å². The van der Waals surface area contributed by atoms with Crippen LogP contribution in [0.2, 0.25) is 0 Å². The van der Waals surface area contributed by atoms with E-state index in [2.05, 4.69) is 28.2 Å². The van der Waals surface area contributed by atoms with Gasteiger partial charge in [0.05, 0.1) is 5.56 Å². The Labute approximate surface area is 127 Å². The van der Waals surface area contributed by atoms with Crippen molar-refractivity contribution in [3.05, 3.63) is 34.1 Å². The fraction of sp³-hybridized carbons (Fsp3) is 0.562.